The number of nitrogens with one attached hydrogen (secondary N) is 1. The van der Waals surface area contributed by atoms with E-state index in [2.05, 4.69) is 43.4 Å². The van der Waals surface area contributed by atoms with Crippen LogP contribution in [0.15, 0.2) is 48.5 Å². The van der Waals surface area contributed by atoms with Crippen LogP contribution in [-0.4, -0.2) is 4.92 Å². The summed E-state index contributed by atoms with van der Waals surface area (Å²) in [5.41, 5.74) is 3.60. The fourth-order valence-electron chi connectivity index (χ4n) is 2.21. The summed E-state index contributed by atoms with van der Waals surface area (Å²) in [6.07, 6.45) is 1.04. The first-order valence-electron chi connectivity index (χ1n) is 7.15. The average molecular weight is 284 g/mol. The number of aryl methyl sites for hydroxylation is 1. The van der Waals surface area contributed by atoms with Crippen molar-refractivity contribution in [2.24, 2.45) is 0 Å². The third-order valence-corrected chi connectivity index (χ3v) is 3.62. The molecular formula is C17H20N2O2. The fourth-order valence-corrected chi connectivity index (χ4v) is 2.21. The van der Waals surface area contributed by atoms with Gasteiger partial charge in [0.05, 0.1) is 4.92 Å². The van der Waals surface area contributed by atoms with E-state index in [1.165, 1.54) is 17.2 Å². The van der Waals surface area contributed by atoms with Crippen LogP contribution in [0, 0.1) is 10.1 Å². The molecule has 0 heterocycles. The van der Waals surface area contributed by atoms with Crippen molar-refractivity contribution in [1.82, 2.24) is 5.32 Å². The third-order valence-electron chi connectivity index (χ3n) is 3.62. The van der Waals surface area contributed by atoms with E-state index < -0.39 is 0 Å². The maximum absolute atomic E-state index is 10.8. The van der Waals surface area contributed by atoms with Crippen molar-refractivity contribution >= 4 is 5.69 Å². The van der Waals surface area contributed by atoms with E-state index in [0.29, 0.717) is 6.54 Å². The second-order valence-electron chi connectivity index (χ2n) is 5.12. The van der Waals surface area contributed by atoms with Crippen LogP contribution < -0.4 is 5.32 Å². The lowest BCUT2D eigenvalue weighted by Crippen LogP contribution is -2.18. The number of nitro groups is 1. The lowest BCUT2D eigenvalue weighted by molar-refractivity contribution is -0.384. The highest BCUT2D eigenvalue weighted by atomic mass is 16.6. The number of non-ortho nitro benzene ring substituents is 1. The van der Waals surface area contributed by atoms with Gasteiger partial charge < -0.3 is 5.32 Å². The summed E-state index contributed by atoms with van der Waals surface area (Å²) in [5, 5.41) is 14.2. The topological polar surface area (TPSA) is 55.2 Å². The minimum Gasteiger partial charge on any atom is -0.306 e. The van der Waals surface area contributed by atoms with Gasteiger partial charge in [-0.15, -0.1) is 0 Å². The van der Waals surface area contributed by atoms with Gasteiger partial charge in [-0.1, -0.05) is 43.3 Å². The van der Waals surface area contributed by atoms with Gasteiger partial charge in [-0.3, -0.25) is 10.1 Å². The van der Waals surface area contributed by atoms with Gasteiger partial charge in [0.25, 0.3) is 5.69 Å². The zero-order valence-electron chi connectivity index (χ0n) is 12.4. The maximum Gasteiger partial charge on any atom is 0.269 e. The van der Waals surface area contributed by atoms with Crippen LogP contribution in [0.4, 0.5) is 5.69 Å². The van der Waals surface area contributed by atoms with Crippen LogP contribution in [0.1, 0.15) is 36.6 Å². The third kappa shape index (κ3) is 4.13. The molecule has 0 aliphatic rings. The van der Waals surface area contributed by atoms with Crippen LogP contribution in [0.3, 0.4) is 0 Å². The van der Waals surface area contributed by atoms with Gasteiger partial charge in [-0.2, -0.15) is 0 Å². The Kier molecular flexibility index (Phi) is 5.06. The molecule has 0 aliphatic heterocycles. The van der Waals surface area contributed by atoms with Crippen molar-refractivity contribution < 1.29 is 4.92 Å². The molecule has 0 aliphatic carbocycles. The predicted molar refractivity (Wildman–Crippen MR) is 84.2 cm³/mol. The number of hydrogen-bond donors (Lipinski definition) is 1. The van der Waals surface area contributed by atoms with Crippen molar-refractivity contribution in [3.05, 3.63) is 75.3 Å². The van der Waals surface area contributed by atoms with Gasteiger partial charge in [0, 0.05) is 24.7 Å². The van der Waals surface area contributed by atoms with Crippen LogP contribution in [-0.2, 0) is 13.0 Å². The molecule has 2 rings (SSSR count). The van der Waals surface area contributed by atoms with Gasteiger partial charge in [-0.25, -0.2) is 0 Å². The Balaban J connectivity index is 1.98. The summed E-state index contributed by atoms with van der Waals surface area (Å²) in [5.74, 6) is 0. The Labute approximate surface area is 125 Å². The summed E-state index contributed by atoms with van der Waals surface area (Å²) >= 11 is 0. The number of nitrogens with zero attached hydrogens (tertiary/aromatic N) is 1. The van der Waals surface area contributed by atoms with Gasteiger partial charge in [0.1, 0.15) is 0 Å². The largest absolute Gasteiger partial charge is 0.306 e. The van der Waals surface area contributed by atoms with E-state index in [1.54, 1.807) is 12.1 Å². The van der Waals surface area contributed by atoms with Gasteiger partial charge in [0.15, 0.2) is 0 Å². The SMILES string of the molecule is CCc1ccc(C(C)NCc2cccc([N+](=O)[O-])c2)cc1. The molecule has 0 radical (unpaired) electrons. The predicted octanol–water partition coefficient (Wildman–Crippen LogP) is 4.01. The van der Waals surface area contributed by atoms with E-state index >= 15 is 0 Å². The van der Waals surface area contributed by atoms with Crippen molar-refractivity contribution in [2.45, 2.75) is 32.9 Å². The molecule has 0 saturated carbocycles. The van der Waals surface area contributed by atoms with E-state index in [1.807, 2.05) is 6.07 Å². The molecule has 1 N–H and O–H groups in total. The van der Waals surface area contributed by atoms with E-state index in [4.69, 9.17) is 0 Å². The zero-order chi connectivity index (χ0) is 15.2. The van der Waals surface area contributed by atoms with Crippen LogP contribution in [0.5, 0.6) is 0 Å². The molecule has 0 bridgehead atoms. The highest BCUT2D eigenvalue weighted by molar-refractivity contribution is 5.34. The molecule has 4 nitrogen and oxygen atoms in total. The van der Waals surface area contributed by atoms with Crippen molar-refractivity contribution in [1.29, 1.82) is 0 Å². The van der Waals surface area contributed by atoms with E-state index in [0.717, 1.165) is 12.0 Å². The van der Waals surface area contributed by atoms with Crippen LogP contribution >= 0.6 is 0 Å². The fraction of sp³-hybridized carbons (Fsp3) is 0.294. The number of hydrogen-bond acceptors (Lipinski definition) is 3. The molecule has 0 saturated heterocycles. The first-order chi connectivity index (χ1) is 10.1. The van der Waals surface area contributed by atoms with Gasteiger partial charge in [0.2, 0.25) is 0 Å². The molecule has 1 unspecified atom stereocenters. The Morgan fingerprint density at radius 1 is 1.14 bits per heavy atom. The number of nitro benzene ring substituents is 1. The summed E-state index contributed by atoms with van der Waals surface area (Å²) in [6, 6.07) is 15.5. The molecule has 0 fully saturated rings. The minimum absolute atomic E-state index is 0.134. The Hall–Kier alpha value is -2.20. The lowest BCUT2D eigenvalue weighted by Gasteiger charge is -2.14. The molecule has 0 amide bonds. The van der Waals surface area contributed by atoms with Crippen LogP contribution in [0.2, 0.25) is 0 Å². The maximum atomic E-state index is 10.8. The highest BCUT2D eigenvalue weighted by Gasteiger charge is 2.08. The minimum atomic E-state index is -0.365. The Morgan fingerprint density at radius 2 is 1.86 bits per heavy atom. The molecule has 0 aromatic heterocycles. The molecule has 21 heavy (non-hydrogen) atoms. The summed E-state index contributed by atoms with van der Waals surface area (Å²) in [4.78, 5) is 10.4. The number of rotatable bonds is 6. The number of benzene rings is 2. The summed E-state index contributed by atoms with van der Waals surface area (Å²) in [6.45, 7) is 4.84. The first-order valence-corrected chi connectivity index (χ1v) is 7.15. The molecule has 1 atom stereocenters. The standard InChI is InChI=1S/C17H20N2O2/c1-3-14-7-9-16(10-8-14)13(2)18-12-15-5-4-6-17(11-15)19(20)21/h4-11,13,18H,3,12H2,1-2H3. The first kappa shape index (κ1) is 15.2. The van der Waals surface area contributed by atoms with Crippen molar-refractivity contribution in [3.63, 3.8) is 0 Å². The summed E-state index contributed by atoms with van der Waals surface area (Å²) in [7, 11) is 0. The molecule has 110 valence electrons. The second kappa shape index (κ2) is 6.99. The molecule has 0 spiro atoms. The highest BCUT2D eigenvalue weighted by Crippen LogP contribution is 2.16. The average Bonchev–Trinajstić information content (AvgIpc) is 2.53. The van der Waals surface area contributed by atoms with Crippen molar-refractivity contribution in [3.8, 4) is 0 Å². The molecule has 2 aromatic rings. The van der Waals surface area contributed by atoms with Gasteiger partial charge >= 0.3 is 0 Å². The smallest absolute Gasteiger partial charge is 0.269 e. The van der Waals surface area contributed by atoms with E-state index in [-0.39, 0.29) is 16.7 Å². The van der Waals surface area contributed by atoms with Crippen LogP contribution in [0.25, 0.3) is 0 Å². The second-order valence-corrected chi connectivity index (χ2v) is 5.12. The lowest BCUT2D eigenvalue weighted by atomic mass is 10.0. The normalized spacial score (nSPS) is 12.1. The molecule has 2 aromatic carbocycles. The Morgan fingerprint density at radius 3 is 2.48 bits per heavy atom. The molecule has 4 heteroatoms. The Bertz CT molecular complexity index is 608. The van der Waals surface area contributed by atoms with E-state index in [9.17, 15) is 10.1 Å². The monoisotopic (exact) mass is 284 g/mol. The quantitative estimate of drug-likeness (QED) is 0.644. The zero-order valence-corrected chi connectivity index (χ0v) is 12.4. The van der Waals surface area contributed by atoms with Gasteiger partial charge in [-0.05, 0) is 30.0 Å². The summed E-state index contributed by atoms with van der Waals surface area (Å²) < 4.78 is 0. The molecular weight excluding hydrogens is 264 g/mol. The van der Waals surface area contributed by atoms with Crippen molar-refractivity contribution in [2.75, 3.05) is 0 Å².